The molecule has 0 bridgehead atoms. The van der Waals surface area contributed by atoms with Gasteiger partial charge < -0.3 is 16.2 Å². The standard InChI is InChI=1S/C19H16F3N3O2S/c1-9(26)4-10-5-13(21)17(14(22)6-10)15-8-12(18(23)27)19(28-15)25-16-7-11(20)2-3-24-16/h2-3,5-9,26H,4H2,1H3,(H2,23,27)(H,24,25). The number of thiophene rings is 1. The topological polar surface area (TPSA) is 88.2 Å². The summed E-state index contributed by atoms with van der Waals surface area (Å²) in [6, 6.07) is 5.80. The number of rotatable bonds is 6. The monoisotopic (exact) mass is 407 g/mol. The first-order chi connectivity index (χ1) is 13.2. The lowest BCUT2D eigenvalue weighted by molar-refractivity contribution is 0.100. The number of nitrogens with two attached hydrogens (primary N) is 1. The number of carbonyl (C=O) groups is 1. The maximum Gasteiger partial charge on any atom is 0.251 e. The third-order valence-electron chi connectivity index (χ3n) is 3.84. The van der Waals surface area contributed by atoms with Crippen molar-refractivity contribution in [3.63, 3.8) is 0 Å². The van der Waals surface area contributed by atoms with Crippen LogP contribution in [-0.4, -0.2) is 22.1 Å². The maximum absolute atomic E-state index is 14.6. The van der Waals surface area contributed by atoms with E-state index in [0.29, 0.717) is 5.56 Å². The van der Waals surface area contributed by atoms with Crippen LogP contribution in [0.1, 0.15) is 22.8 Å². The number of carbonyl (C=O) groups excluding carboxylic acids is 1. The number of benzene rings is 1. The number of hydrogen-bond donors (Lipinski definition) is 3. The van der Waals surface area contributed by atoms with Crippen molar-refractivity contribution >= 4 is 28.1 Å². The lowest BCUT2D eigenvalue weighted by atomic mass is 10.0. The van der Waals surface area contributed by atoms with Gasteiger partial charge in [0.1, 0.15) is 28.3 Å². The molecule has 0 radical (unpaired) electrons. The van der Waals surface area contributed by atoms with E-state index in [4.69, 9.17) is 5.73 Å². The Morgan fingerprint density at radius 1 is 1.25 bits per heavy atom. The number of primary amides is 1. The predicted octanol–water partition coefficient (Wildman–Crippen LogP) is 3.99. The van der Waals surface area contributed by atoms with Gasteiger partial charge >= 0.3 is 0 Å². The Morgan fingerprint density at radius 2 is 1.93 bits per heavy atom. The molecule has 0 spiro atoms. The van der Waals surface area contributed by atoms with Crippen molar-refractivity contribution in [2.24, 2.45) is 5.73 Å². The number of anilines is 2. The van der Waals surface area contributed by atoms with E-state index in [2.05, 4.69) is 10.3 Å². The van der Waals surface area contributed by atoms with Crippen LogP contribution < -0.4 is 11.1 Å². The van der Waals surface area contributed by atoms with Crippen LogP contribution in [0.4, 0.5) is 24.0 Å². The summed E-state index contributed by atoms with van der Waals surface area (Å²) in [6.45, 7) is 1.51. The van der Waals surface area contributed by atoms with Gasteiger partial charge in [-0.2, -0.15) is 0 Å². The normalized spacial score (nSPS) is 12.0. The first-order valence-electron chi connectivity index (χ1n) is 8.23. The Morgan fingerprint density at radius 3 is 2.50 bits per heavy atom. The fourth-order valence-electron chi connectivity index (χ4n) is 2.70. The van der Waals surface area contributed by atoms with Crippen molar-refractivity contribution in [1.29, 1.82) is 0 Å². The third-order valence-corrected chi connectivity index (χ3v) is 4.91. The van der Waals surface area contributed by atoms with Gasteiger partial charge in [-0.05, 0) is 43.2 Å². The summed E-state index contributed by atoms with van der Waals surface area (Å²) in [7, 11) is 0. The zero-order valence-electron chi connectivity index (χ0n) is 14.7. The van der Waals surface area contributed by atoms with Crippen LogP contribution in [0.5, 0.6) is 0 Å². The molecule has 0 saturated heterocycles. The molecule has 1 unspecified atom stereocenters. The Kier molecular flexibility index (Phi) is 5.66. The van der Waals surface area contributed by atoms with Crippen molar-refractivity contribution in [3.8, 4) is 10.4 Å². The molecule has 28 heavy (non-hydrogen) atoms. The molecule has 1 amide bonds. The quantitative estimate of drug-likeness (QED) is 0.577. The van der Waals surface area contributed by atoms with Crippen LogP contribution in [0.15, 0.2) is 36.5 Å². The molecular weight excluding hydrogens is 391 g/mol. The molecule has 9 heteroatoms. The Hall–Kier alpha value is -2.91. The first kappa shape index (κ1) is 19.8. The van der Waals surface area contributed by atoms with Crippen LogP contribution in [0.3, 0.4) is 0 Å². The van der Waals surface area contributed by atoms with Crippen LogP contribution in [0.2, 0.25) is 0 Å². The van der Waals surface area contributed by atoms with Gasteiger partial charge in [-0.25, -0.2) is 18.2 Å². The lowest BCUT2D eigenvalue weighted by Gasteiger charge is -2.08. The summed E-state index contributed by atoms with van der Waals surface area (Å²) in [5, 5.41) is 12.3. The largest absolute Gasteiger partial charge is 0.393 e. The first-order valence-corrected chi connectivity index (χ1v) is 9.05. The van der Waals surface area contributed by atoms with E-state index in [1.807, 2.05) is 0 Å². The van der Waals surface area contributed by atoms with Crippen LogP contribution in [0, 0.1) is 17.5 Å². The second kappa shape index (κ2) is 7.99. The molecule has 3 aromatic rings. The van der Waals surface area contributed by atoms with E-state index >= 15 is 0 Å². The number of hydrogen-bond acceptors (Lipinski definition) is 5. The Bertz CT molecular complexity index is 1010. The van der Waals surface area contributed by atoms with Gasteiger partial charge in [-0.15, -0.1) is 11.3 Å². The molecule has 1 aromatic carbocycles. The summed E-state index contributed by atoms with van der Waals surface area (Å²) in [4.78, 5) is 15.8. The number of aliphatic hydroxyl groups excluding tert-OH is 1. The number of aliphatic hydroxyl groups is 1. The van der Waals surface area contributed by atoms with Gasteiger partial charge in [0.15, 0.2) is 0 Å². The summed E-state index contributed by atoms with van der Waals surface area (Å²) >= 11 is 0.886. The van der Waals surface area contributed by atoms with Crippen molar-refractivity contribution in [1.82, 2.24) is 4.98 Å². The highest BCUT2D eigenvalue weighted by molar-refractivity contribution is 7.20. The predicted molar refractivity (Wildman–Crippen MR) is 101 cm³/mol. The van der Waals surface area contributed by atoms with Gasteiger partial charge in [-0.1, -0.05) is 0 Å². The second-order valence-electron chi connectivity index (χ2n) is 6.19. The zero-order valence-corrected chi connectivity index (χ0v) is 15.5. The highest BCUT2D eigenvalue weighted by atomic mass is 32.1. The summed E-state index contributed by atoms with van der Waals surface area (Å²) < 4.78 is 42.5. The maximum atomic E-state index is 14.6. The van der Waals surface area contributed by atoms with Crippen molar-refractivity contribution < 1.29 is 23.1 Å². The van der Waals surface area contributed by atoms with E-state index in [1.165, 1.54) is 19.2 Å². The average molecular weight is 407 g/mol. The van der Waals surface area contributed by atoms with Gasteiger partial charge in [0, 0.05) is 17.1 Å². The van der Waals surface area contributed by atoms with E-state index in [-0.39, 0.29) is 33.2 Å². The van der Waals surface area contributed by atoms with E-state index in [1.54, 1.807) is 0 Å². The molecule has 0 fully saturated rings. The number of nitrogens with one attached hydrogen (secondary N) is 1. The fraction of sp³-hybridized carbons (Fsp3) is 0.158. The SMILES string of the molecule is CC(O)Cc1cc(F)c(-c2cc(C(N)=O)c(Nc3cc(F)ccn3)s2)c(F)c1. The van der Waals surface area contributed by atoms with Crippen LogP contribution in [-0.2, 0) is 6.42 Å². The molecule has 2 heterocycles. The number of halogens is 3. The second-order valence-corrected chi connectivity index (χ2v) is 7.24. The van der Waals surface area contributed by atoms with E-state index < -0.39 is 29.5 Å². The molecule has 1 atom stereocenters. The molecule has 3 rings (SSSR count). The zero-order chi connectivity index (χ0) is 20.4. The summed E-state index contributed by atoms with van der Waals surface area (Å²) in [6.07, 6.45) is 0.585. The molecule has 0 aliphatic carbocycles. The minimum atomic E-state index is -0.830. The van der Waals surface area contributed by atoms with Crippen LogP contribution in [0.25, 0.3) is 10.4 Å². The number of amides is 1. The van der Waals surface area contributed by atoms with Gasteiger partial charge in [0.2, 0.25) is 0 Å². The van der Waals surface area contributed by atoms with Gasteiger partial charge in [-0.3, -0.25) is 4.79 Å². The molecule has 146 valence electrons. The lowest BCUT2D eigenvalue weighted by Crippen LogP contribution is -2.11. The Balaban J connectivity index is 2.03. The number of aromatic nitrogens is 1. The van der Waals surface area contributed by atoms with Crippen molar-refractivity contribution in [2.75, 3.05) is 5.32 Å². The van der Waals surface area contributed by atoms with Crippen molar-refractivity contribution in [3.05, 3.63) is 65.1 Å². The average Bonchev–Trinajstić information content (AvgIpc) is 2.97. The molecule has 5 nitrogen and oxygen atoms in total. The molecule has 4 N–H and O–H groups in total. The number of pyridine rings is 1. The fourth-order valence-corrected chi connectivity index (χ4v) is 3.82. The number of nitrogens with zero attached hydrogens (tertiary/aromatic N) is 1. The highest BCUT2D eigenvalue weighted by Crippen LogP contribution is 2.39. The van der Waals surface area contributed by atoms with E-state index in [0.717, 1.165) is 35.6 Å². The van der Waals surface area contributed by atoms with E-state index in [9.17, 15) is 23.1 Å². The molecule has 0 saturated carbocycles. The third kappa shape index (κ3) is 4.32. The van der Waals surface area contributed by atoms with Crippen LogP contribution >= 0.6 is 11.3 Å². The van der Waals surface area contributed by atoms with Gasteiger partial charge in [0.05, 0.1) is 17.2 Å². The molecule has 2 aromatic heterocycles. The minimum Gasteiger partial charge on any atom is -0.393 e. The smallest absolute Gasteiger partial charge is 0.251 e. The Labute approximate surface area is 162 Å². The molecule has 0 aliphatic heterocycles. The minimum absolute atomic E-state index is 0.00193. The summed E-state index contributed by atoms with van der Waals surface area (Å²) in [5.41, 5.74) is 5.35. The molecular formula is C19H16F3N3O2S. The van der Waals surface area contributed by atoms with Crippen molar-refractivity contribution in [2.45, 2.75) is 19.4 Å². The summed E-state index contributed by atoms with van der Waals surface area (Å²) in [5.74, 6) is -2.90. The molecule has 0 aliphatic rings. The van der Waals surface area contributed by atoms with Gasteiger partial charge in [0.25, 0.3) is 5.91 Å². The highest BCUT2D eigenvalue weighted by Gasteiger charge is 2.21.